The van der Waals surface area contributed by atoms with Gasteiger partial charge in [-0.05, 0) is 36.0 Å². The largest absolute Gasteiger partial charge is 0.481 e. The molecule has 118 valence electrons. The van der Waals surface area contributed by atoms with Crippen LogP contribution in [0.1, 0.15) is 39.2 Å². The number of carboxylic acids is 1. The average molecular weight is 302 g/mol. The van der Waals surface area contributed by atoms with Gasteiger partial charge in [-0.2, -0.15) is 4.98 Å². The number of aromatic nitrogens is 1. The molecule has 0 bridgehead atoms. The maximum Gasteiger partial charge on any atom is 0.308 e. The van der Waals surface area contributed by atoms with E-state index in [1.165, 1.54) is 5.56 Å². The van der Waals surface area contributed by atoms with Crippen LogP contribution in [0.25, 0.3) is 11.1 Å². The molecular formula is C17H22N2O3. The summed E-state index contributed by atoms with van der Waals surface area (Å²) in [6.45, 7) is 7.75. The number of hydrogen-bond donors (Lipinski definition) is 1. The molecule has 5 nitrogen and oxygen atoms in total. The SMILES string of the molecule is CC(C)(C)c1ccc2oc(N3CCCC(C(=O)O)C3)nc2c1. The molecule has 0 aliphatic carbocycles. The summed E-state index contributed by atoms with van der Waals surface area (Å²) in [5.41, 5.74) is 2.86. The summed E-state index contributed by atoms with van der Waals surface area (Å²) in [4.78, 5) is 17.7. The second-order valence-electron chi connectivity index (χ2n) is 7.05. The van der Waals surface area contributed by atoms with Gasteiger partial charge < -0.3 is 14.4 Å². The van der Waals surface area contributed by atoms with Crippen LogP contribution in [0.5, 0.6) is 0 Å². The smallest absolute Gasteiger partial charge is 0.308 e. The van der Waals surface area contributed by atoms with E-state index in [1.807, 2.05) is 11.0 Å². The van der Waals surface area contributed by atoms with Crippen molar-refractivity contribution in [2.24, 2.45) is 5.92 Å². The molecule has 1 N–H and O–H groups in total. The molecule has 3 rings (SSSR count). The number of nitrogens with zero attached hydrogens (tertiary/aromatic N) is 2. The molecule has 1 aromatic heterocycles. The third-order valence-electron chi connectivity index (χ3n) is 4.28. The molecule has 2 aromatic rings. The third-order valence-corrected chi connectivity index (χ3v) is 4.28. The fraction of sp³-hybridized carbons (Fsp3) is 0.529. The number of oxazole rings is 1. The van der Waals surface area contributed by atoms with Gasteiger partial charge in [-0.3, -0.25) is 4.79 Å². The van der Waals surface area contributed by atoms with Crippen LogP contribution in [0, 0.1) is 5.92 Å². The number of carboxylic acid groups (broad SMARTS) is 1. The number of carbonyl (C=O) groups is 1. The minimum Gasteiger partial charge on any atom is -0.481 e. The Morgan fingerprint density at radius 1 is 1.41 bits per heavy atom. The van der Waals surface area contributed by atoms with E-state index < -0.39 is 5.97 Å². The normalized spacial score (nSPS) is 19.6. The van der Waals surface area contributed by atoms with E-state index in [4.69, 9.17) is 4.42 Å². The van der Waals surface area contributed by atoms with E-state index in [-0.39, 0.29) is 11.3 Å². The van der Waals surface area contributed by atoms with Crippen molar-refractivity contribution < 1.29 is 14.3 Å². The molecule has 1 fully saturated rings. The van der Waals surface area contributed by atoms with Crippen molar-refractivity contribution in [2.75, 3.05) is 18.0 Å². The molecule has 1 aliphatic rings. The van der Waals surface area contributed by atoms with Gasteiger partial charge in [-0.25, -0.2) is 0 Å². The highest BCUT2D eigenvalue weighted by molar-refractivity contribution is 5.76. The standard InChI is InChI=1S/C17H22N2O3/c1-17(2,3)12-6-7-14-13(9-12)18-16(22-14)19-8-4-5-11(10-19)15(20)21/h6-7,9,11H,4-5,8,10H2,1-3H3,(H,20,21). The lowest BCUT2D eigenvalue weighted by Gasteiger charge is -2.29. The van der Waals surface area contributed by atoms with E-state index in [1.54, 1.807) is 0 Å². The summed E-state index contributed by atoms with van der Waals surface area (Å²) in [6, 6.07) is 6.60. The number of hydrogen-bond acceptors (Lipinski definition) is 4. The summed E-state index contributed by atoms with van der Waals surface area (Å²) in [7, 11) is 0. The van der Waals surface area contributed by atoms with Crippen LogP contribution in [0.4, 0.5) is 6.01 Å². The number of piperidine rings is 1. The summed E-state index contributed by atoms with van der Waals surface area (Å²) < 4.78 is 5.83. The van der Waals surface area contributed by atoms with Gasteiger partial charge in [0.05, 0.1) is 5.92 Å². The van der Waals surface area contributed by atoms with E-state index in [9.17, 15) is 9.90 Å². The molecule has 22 heavy (non-hydrogen) atoms. The van der Waals surface area contributed by atoms with Gasteiger partial charge in [-0.15, -0.1) is 0 Å². The van der Waals surface area contributed by atoms with Crippen LogP contribution in [-0.4, -0.2) is 29.1 Å². The van der Waals surface area contributed by atoms with Crippen molar-refractivity contribution in [3.63, 3.8) is 0 Å². The predicted octanol–water partition coefficient (Wildman–Crippen LogP) is 3.43. The van der Waals surface area contributed by atoms with Crippen LogP contribution in [0.3, 0.4) is 0 Å². The lowest BCUT2D eigenvalue weighted by atomic mass is 9.87. The molecule has 0 saturated carbocycles. The van der Waals surface area contributed by atoms with Crippen molar-refractivity contribution in [2.45, 2.75) is 39.0 Å². The summed E-state index contributed by atoms with van der Waals surface area (Å²) >= 11 is 0. The fourth-order valence-corrected chi connectivity index (χ4v) is 2.87. The van der Waals surface area contributed by atoms with Gasteiger partial charge in [0.2, 0.25) is 0 Å². The Kier molecular flexibility index (Phi) is 3.59. The molecule has 1 aromatic carbocycles. The van der Waals surface area contributed by atoms with Gasteiger partial charge in [0.15, 0.2) is 5.58 Å². The minimum absolute atomic E-state index is 0.0623. The first-order chi connectivity index (χ1) is 10.3. The van der Waals surface area contributed by atoms with Crippen LogP contribution in [0.15, 0.2) is 22.6 Å². The molecule has 1 saturated heterocycles. The van der Waals surface area contributed by atoms with Gasteiger partial charge in [0.1, 0.15) is 5.52 Å². The van der Waals surface area contributed by atoms with Crippen molar-refractivity contribution in [1.82, 2.24) is 4.98 Å². The van der Waals surface area contributed by atoms with Crippen LogP contribution < -0.4 is 4.90 Å². The lowest BCUT2D eigenvalue weighted by molar-refractivity contribution is -0.141. The van der Waals surface area contributed by atoms with E-state index in [2.05, 4.69) is 37.9 Å². The number of aliphatic carboxylic acids is 1. The second-order valence-corrected chi connectivity index (χ2v) is 7.05. The number of fused-ring (bicyclic) bond motifs is 1. The molecule has 0 amide bonds. The summed E-state index contributed by atoms with van der Waals surface area (Å²) in [6.07, 6.45) is 1.57. The molecule has 0 radical (unpaired) electrons. The van der Waals surface area contributed by atoms with E-state index in [0.717, 1.165) is 30.5 Å². The van der Waals surface area contributed by atoms with E-state index >= 15 is 0 Å². The van der Waals surface area contributed by atoms with Crippen molar-refractivity contribution in [3.05, 3.63) is 23.8 Å². The minimum atomic E-state index is -0.740. The van der Waals surface area contributed by atoms with Crippen molar-refractivity contribution in [3.8, 4) is 0 Å². The monoisotopic (exact) mass is 302 g/mol. The summed E-state index contributed by atoms with van der Waals surface area (Å²) in [5, 5.41) is 9.19. The first kappa shape index (κ1) is 14.9. The van der Waals surface area contributed by atoms with Crippen LogP contribution >= 0.6 is 0 Å². The van der Waals surface area contributed by atoms with E-state index in [0.29, 0.717) is 12.6 Å². The van der Waals surface area contributed by atoms with Gasteiger partial charge in [0.25, 0.3) is 6.01 Å². The molecule has 2 heterocycles. The molecule has 5 heteroatoms. The Balaban J connectivity index is 1.90. The quantitative estimate of drug-likeness (QED) is 0.920. The van der Waals surface area contributed by atoms with Crippen LogP contribution in [-0.2, 0) is 10.2 Å². The maximum atomic E-state index is 11.2. The zero-order valence-corrected chi connectivity index (χ0v) is 13.3. The Hall–Kier alpha value is -2.04. The number of benzene rings is 1. The molecule has 1 atom stereocenters. The molecule has 1 unspecified atom stereocenters. The fourth-order valence-electron chi connectivity index (χ4n) is 2.87. The van der Waals surface area contributed by atoms with Gasteiger partial charge in [0, 0.05) is 13.1 Å². The van der Waals surface area contributed by atoms with Crippen molar-refractivity contribution in [1.29, 1.82) is 0 Å². The van der Waals surface area contributed by atoms with Crippen molar-refractivity contribution >= 4 is 23.1 Å². The molecular weight excluding hydrogens is 280 g/mol. The first-order valence-corrected chi connectivity index (χ1v) is 7.73. The maximum absolute atomic E-state index is 11.2. The Bertz CT molecular complexity index is 699. The molecule has 0 spiro atoms. The lowest BCUT2D eigenvalue weighted by Crippen LogP contribution is -2.38. The number of rotatable bonds is 2. The van der Waals surface area contributed by atoms with Gasteiger partial charge >= 0.3 is 5.97 Å². The zero-order chi connectivity index (χ0) is 15.9. The van der Waals surface area contributed by atoms with Crippen LogP contribution in [0.2, 0.25) is 0 Å². The first-order valence-electron chi connectivity index (χ1n) is 7.73. The molecule has 1 aliphatic heterocycles. The zero-order valence-electron chi connectivity index (χ0n) is 13.3. The highest BCUT2D eigenvalue weighted by atomic mass is 16.4. The van der Waals surface area contributed by atoms with Gasteiger partial charge in [-0.1, -0.05) is 26.8 Å². The second kappa shape index (κ2) is 5.30. The average Bonchev–Trinajstić information content (AvgIpc) is 2.89. The number of anilines is 1. The Morgan fingerprint density at radius 2 is 2.18 bits per heavy atom. The highest BCUT2D eigenvalue weighted by Crippen LogP contribution is 2.30. The Labute approximate surface area is 129 Å². The summed E-state index contributed by atoms with van der Waals surface area (Å²) in [5.74, 6) is -1.08. The third kappa shape index (κ3) is 2.80. The highest BCUT2D eigenvalue weighted by Gasteiger charge is 2.28. The predicted molar refractivity (Wildman–Crippen MR) is 85.3 cm³/mol. The topological polar surface area (TPSA) is 66.6 Å². The Morgan fingerprint density at radius 3 is 2.86 bits per heavy atom.